The average Bonchev–Trinajstić information content (AvgIpc) is 2.82. The summed E-state index contributed by atoms with van der Waals surface area (Å²) < 4.78 is 30.0. The van der Waals surface area contributed by atoms with Crippen molar-refractivity contribution in [2.45, 2.75) is 31.1 Å². The fraction of sp³-hybridized carbons (Fsp3) is 0.562. The SMILES string of the molecule is COc1ccc(C(=O)N2CCO[C@H]3CC[C@H]2[C@H]3OC)cc1F. The molecule has 0 radical (unpaired) electrons. The van der Waals surface area contributed by atoms with Crippen molar-refractivity contribution in [3.63, 3.8) is 0 Å². The zero-order valence-corrected chi connectivity index (χ0v) is 12.8. The van der Waals surface area contributed by atoms with E-state index in [2.05, 4.69) is 0 Å². The molecule has 2 bridgehead atoms. The lowest BCUT2D eigenvalue weighted by Gasteiger charge is -2.30. The van der Waals surface area contributed by atoms with E-state index in [4.69, 9.17) is 14.2 Å². The Bertz CT molecular complexity index is 565. The number of benzene rings is 1. The van der Waals surface area contributed by atoms with Crippen molar-refractivity contribution >= 4 is 5.91 Å². The molecule has 5 nitrogen and oxygen atoms in total. The minimum absolute atomic E-state index is 0.0184. The molecule has 1 amide bonds. The Morgan fingerprint density at radius 2 is 2.18 bits per heavy atom. The topological polar surface area (TPSA) is 48.0 Å². The molecule has 1 aliphatic heterocycles. The molecule has 22 heavy (non-hydrogen) atoms. The van der Waals surface area contributed by atoms with Crippen LogP contribution in [-0.4, -0.2) is 56.4 Å². The third-order valence-electron chi connectivity index (χ3n) is 4.49. The van der Waals surface area contributed by atoms with Crippen LogP contribution in [0.4, 0.5) is 4.39 Å². The maximum Gasteiger partial charge on any atom is 0.254 e. The molecule has 0 spiro atoms. The van der Waals surface area contributed by atoms with Crippen LogP contribution in [0.2, 0.25) is 0 Å². The number of ether oxygens (including phenoxy) is 3. The van der Waals surface area contributed by atoms with E-state index in [1.807, 2.05) is 0 Å². The van der Waals surface area contributed by atoms with Gasteiger partial charge in [0.15, 0.2) is 11.6 Å². The quantitative estimate of drug-likeness (QED) is 0.855. The molecule has 1 saturated carbocycles. The zero-order valence-electron chi connectivity index (χ0n) is 12.8. The van der Waals surface area contributed by atoms with E-state index in [0.717, 1.165) is 12.8 Å². The van der Waals surface area contributed by atoms with Gasteiger partial charge < -0.3 is 19.1 Å². The van der Waals surface area contributed by atoms with Crippen LogP contribution in [0.15, 0.2) is 18.2 Å². The van der Waals surface area contributed by atoms with E-state index < -0.39 is 5.82 Å². The van der Waals surface area contributed by atoms with Crippen LogP contribution in [0.3, 0.4) is 0 Å². The van der Waals surface area contributed by atoms with Crippen LogP contribution in [0.5, 0.6) is 5.75 Å². The molecule has 0 unspecified atom stereocenters. The van der Waals surface area contributed by atoms with Crippen molar-refractivity contribution in [2.24, 2.45) is 0 Å². The van der Waals surface area contributed by atoms with Gasteiger partial charge in [-0.15, -0.1) is 0 Å². The van der Waals surface area contributed by atoms with Gasteiger partial charge in [-0.2, -0.15) is 0 Å². The van der Waals surface area contributed by atoms with Gasteiger partial charge in [-0.1, -0.05) is 0 Å². The molecular weight excluding hydrogens is 289 g/mol. The lowest BCUT2D eigenvalue weighted by atomic mass is 10.1. The number of carbonyl (C=O) groups is 1. The molecule has 120 valence electrons. The van der Waals surface area contributed by atoms with E-state index in [-0.39, 0.29) is 29.9 Å². The van der Waals surface area contributed by atoms with E-state index in [9.17, 15) is 9.18 Å². The van der Waals surface area contributed by atoms with E-state index >= 15 is 0 Å². The molecule has 1 saturated heterocycles. The second-order valence-corrected chi connectivity index (χ2v) is 5.60. The summed E-state index contributed by atoms with van der Waals surface area (Å²) in [4.78, 5) is 14.5. The number of fused-ring (bicyclic) bond motifs is 2. The number of halogens is 1. The fourth-order valence-electron chi connectivity index (χ4n) is 3.42. The van der Waals surface area contributed by atoms with E-state index in [1.165, 1.54) is 19.2 Å². The molecule has 1 aliphatic carbocycles. The maximum atomic E-state index is 13.8. The Kier molecular flexibility index (Phi) is 4.31. The number of amides is 1. The Balaban J connectivity index is 1.85. The van der Waals surface area contributed by atoms with Crippen LogP contribution < -0.4 is 4.74 Å². The Morgan fingerprint density at radius 1 is 1.36 bits per heavy atom. The first-order valence-electron chi connectivity index (χ1n) is 7.44. The number of nitrogens with zero attached hydrogens (tertiary/aromatic N) is 1. The zero-order chi connectivity index (χ0) is 15.7. The minimum atomic E-state index is -0.535. The average molecular weight is 309 g/mol. The van der Waals surface area contributed by atoms with Gasteiger partial charge in [0.25, 0.3) is 5.91 Å². The lowest BCUT2D eigenvalue weighted by molar-refractivity contribution is -0.0316. The Hall–Kier alpha value is -1.66. The summed E-state index contributed by atoms with van der Waals surface area (Å²) in [5.41, 5.74) is 0.318. The molecule has 3 atom stereocenters. The van der Waals surface area contributed by atoms with Gasteiger partial charge in [-0.3, -0.25) is 4.79 Å². The summed E-state index contributed by atoms with van der Waals surface area (Å²) in [5, 5.41) is 0. The number of rotatable bonds is 3. The molecule has 0 N–H and O–H groups in total. The largest absolute Gasteiger partial charge is 0.494 e. The molecule has 0 aromatic heterocycles. The summed E-state index contributed by atoms with van der Waals surface area (Å²) >= 11 is 0. The number of methoxy groups -OCH3 is 2. The third kappa shape index (κ3) is 2.57. The Labute approximate surface area is 128 Å². The smallest absolute Gasteiger partial charge is 0.254 e. The normalized spacial score (nSPS) is 27.6. The molecule has 2 aliphatic rings. The summed E-state index contributed by atoms with van der Waals surface area (Å²) in [6.45, 7) is 0.971. The molecule has 6 heteroatoms. The highest BCUT2D eigenvalue weighted by atomic mass is 19.1. The summed E-state index contributed by atoms with van der Waals surface area (Å²) in [7, 11) is 3.04. The second kappa shape index (κ2) is 6.22. The predicted octanol–water partition coefficient (Wildman–Crippen LogP) is 1.85. The molecule has 1 aromatic rings. The lowest BCUT2D eigenvalue weighted by Crippen LogP contribution is -2.46. The van der Waals surface area contributed by atoms with Gasteiger partial charge in [0.1, 0.15) is 6.10 Å². The highest BCUT2D eigenvalue weighted by molar-refractivity contribution is 5.94. The number of carbonyl (C=O) groups excluding carboxylic acids is 1. The van der Waals surface area contributed by atoms with Gasteiger partial charge in [-0.25, -0.2) is 4.39 Å². The first kappa shape index (κ1) is 15.2. The maximum absolute atomic E-state index is 13.8. The molecule has 2 fully saturated rings. The van der Waals surface area contributed by atoms with Gasteiger partial charge in [0.05, 0.1) is 25.9 Å². The minimum Gasteiger partial charge on any atom is -0.494 e. The van der Waals surface area contributed by atoms with Crippen molar-refractivity contribution in [1.29, 1.82) is 0 Å². The first-order valence-corrected chi connectivity index (χ1v) is 7.44. The molecule has 1 aromatic carbocycles. The van der Waals surface area contributed by atoms with Gasteiger partial charge in [0.2, 0.25) is 0 Å². The van der Waals surface area contributed by atoms with E-state index in [1.54, 1.807) is 18.1 Å². The van der Waals surface area contributed by atoms with Crippen LogP contribution in [0, 0.1) is 5.82 Å². The number of hydrogen-bond donors (Lipinski definition) is 0. The van der Waals surface area contributed by atoms with Crippen molar-refractivity contribution in [3.8, 4) is 5.75 Å². The summed E-state index contributed by atoms with van der Waals surface area (Å²) in [5.74, 6) is -0.599. The van der Waals surface area contributed by atoms with Crippen molar-refractivity contribution < 1.29 is 23.4 Å². The van der Waals surface area contributed by atoms with Crippen LogP contribution in [0.1, 0.15) is 23.2 Å². The highest BCUT2D eigenvalue weighted by Gasteiger charge is 2.44. The van der Waals surface area contributed by atoms with Crippen molar-refractivity contribution in [3.05, 3.63) is 29.6 Å². The van der Waals surface area contributed by atoms with Crippen molar-refractivity contribution in [2.75, 3.05) is 27.4 Å². The summed E-state index contributed by atoms with van der Waals surface area (Å²) in [6, 6.07) is 4.27. The molecule has 3 rings (SSSR count). The molecular formula is C16H20FNO4. The predicted molar refractivity (Wildman–Crippen MR) is 77.5 cm³/mol. The van der Waals surface area contributed by atoms with Gasteiger partial charge >= 0.3 is 0 Å². The van der Waals surface area contributed by atoms with Crippen LogP contribution in [0.25, 0.3) is 0 Å². The standard InChI is InChI=1S/C16H20FNO4/c1-20-13-5-3-10(9-11(13)17)16(19)18-7-8-22-14-6-4-12(18)15(14)21-2/h3,5,9,12,14-15H,4,6-8H2,1-2H3/t12-,14-,15+/m0/s1. The summed E-state index contributed by atoms with van der Waals surface area (Å²) in [6.07, 6.45) is 1.65. The molecule has 1 heterocycles. The third-order valence-corrected chi connectivity index (χ3v) is 4.49. The monoisotopic (exact) mass is 309 g/mol. The van der Waals surface area contributed by atoms with Gasteiger partial charge in [0, 0.05) is 19.2 Å². The fourth-order valence-corrected chi connectivity index (χ4v) is 3.42. The van der Waals surface area contributed by atoms with Crippen molar-refractivity contribution in [1.82, 2.24) is 4.90 Å². The van der Waals surface area contributed by atoms with Gasteiger partial charge in [-0.05, 0) is 31.0 Å². The Morgan fingerprint density at radius 3 is 2.86 bits per heavy atom. The van der Waals surface area contributed by atoms with Crippen LogP contribution in [-0.2, 0) is 9.47 Å². The number of hydrogen-bond acceptors (Lipinski definition) is 4. The first-order chi connectivity index (χ1) is 10.7. The highest BCUT2D eigenvalue weighted by Crippen LogP contribution is 2.32. The van der Waals surface area contributed by atoms with E-state index in [0.29, 0.717) is 18.7 Å². The second-order valence-electron chi connectivity index (χ2n) is 5.60. The van der Waals surface area contributed by atoms with Crippen LogP contribution >= 0.6 is 0 Å².